The third kappa shape index (κ3) is 5.41. The van der Waals surface area contributed by atoms with Gasteiger partial charge in [-0.3, -0.25) is 4.98 Å². The van der Waals surface area contributed by atoms with Gasteiger partial charge in [0.05, 0.1) is 12.3 Å². The topological polar surface area (TPSA) is 34.1 Å². The lowest BCUT2D eigenvalue weighted by atomic mass is 10.3. The molecular formula is C13H22N2OS. The number of hydrogen-bond acceptors (Lipinski definition) is 4. The van der Waals surface area contributed by atoms with Crippen molar-refractivity contribution in [3.8, 4) is 5.75 Å². The van der Waals surface area contributed by atoms with E-state index in [9.17, 15) is 0 Å². The fourth-order valence-corrected chi connectivity index (χ4v) is 2.12. The highest BCUT2D eigenvalue weighted by atomic mass is 32.2. The monoisotopic (exact) mass is 254 g/mol. The number of pyridine rings is 1. The van der Waals surface area contributed by atoms with Crippen molar-refractivity contribution in [3.05, 3.63) is 23.5 Å². The number of thioether (sulfide) groups is 1. The Hall–Kier alpha value is -0.740. The summed E-state index contributed by atoms with van der Waals surface area (Å²) in [5, 5.41) is 3.12. The van der Waals surface area contributed by atoms with Crippen LogP contribution in [0.2, 0.25) is 0 Å². The molecule has 1 aromatic rings. The molecule has 1 N–H and O–H groups in total. The van der Waals surface area contributed by atoms with E-state index in [2.05, 4.69) is 17.2 Å². The second kappa shape index (κ2) is 8.37. The summed E-state index contributed by atoms with van der Waals surface area (Å²) in [6, 6.07) is 4.01. The molecule has 4 heteroatoms. The fraction of sp³-hybridized carbons (Fsp3) is 0.615. The summed E-state index contributed by atoms with van der Waals surface area (Å²) >= 11 is 1.95. The molecule has 0 amide bonds. The van der Waals surface area contributed by atoms with Crippen molar-refractivity contribution in [3.63, 3.8) is 0 Å². The smallest absolute Gasteiger partial charge is 0.142 e. The van der Waals surface area contributed by atoms with E-state index in [0.717, 1.165) is 42.5 Å². The Labute approximate surface area is 108 Å². The second-order valence-electron chi connectivity index (χ2n) is 3.83. The molecule has 0 unspecified atom stereocenters. The van der Waals surface area contributed by atoms with Crippen LogP contribution in [0.5, 0.6) is 5.75 Å². The summed E-state index contributed by atoms with van der Waals surface area (Å²) in [4.78, 5) is 4.49. The van der Waals surface area contributed by atoms with Crippen molar-refractivity contribution in [2.45, 2.75) is 26.8 Å². The van der Waals surface area contributed by atoms with E-state index in [-0.39, 0.29) is 0 Å². The molecule has 0 atom stereocenters. The van der Waals surface area contributed by atoms with E-state index >= 15 is 0 Å². The number of nitrogens with one attached hydrogen (secondary N) is 1. The minimum absolute atomic E-state index is 0.751. The number of ether oxygens (including phenoxy) is 1. The van der Waals surface area contributed by atoms with Crippen LogP contribution in [-0.4, -0.2) is 30.1 Å². The van der Waals surface area contributed by atoms with E-state index in [1.807, 2.05) is 37.9 Å². The lowest BCUT2D eigenvalue weighted by Crippen LogP contribution is -2.10. The zero-order chi connectivity index (χ0) is 12.5. The molecule has 0 aliphatic carbocycles. The van der Waals surface area contributed by atoms with Crippen molar-refractivity contribution in [2.24, 2.45) is 0 Å². The number of nitrogens with zero attached hydrogens (tertiary/aromatic N) is 1. The fourth-order valence-electron chi connectivity index (χ4n) is 1.51. The molecule has 17 heavy (non-hydrogen) atoms. The molecule has 96 valence electrons. The van der Waals surface area contributed by atoms with Crippen molar-refractivity contribution in [1.82, 2.24) is 10.3 Å². The summed E-state index contributed by atoms with van der Waals surface area (Å²) in [7, 11) is 1.92. The Kier molecular flexibility index (Phi) is 7.05. The molecule has 0 aliphatic heterocycles. The Morgan fingerprint density at radius 3 is 2.94 bits per heavy atom. The van der Waals surface area contributed by atoms with E-state index in [0.29, 0.717) is 0 Å². The summed E-state index contributed by atoms with van der Waals surface area (Å²) in [5.41, 5.74) is 2.03. The molecule has 1 rings (SSSR count). The van der Waals surface area contributed by atoms with E-state index in [4.69, 9.17) is 4.74 Å². The van der Waals surface area contributed by atoms with Crippen LogP contribution >= 0.6 is 11.8 Å². The maximum absolute atomic E-state index is 5.78. The van der Waals surface area contributed by atoms with Crippen LogP contribution in [0.15, 0.2) is 12.1 Å². The standard InChI is InChI=1S/C13H22N2OS/c1-4-17-9-5-8-16-13-7-6-11(2)15-12(13)10-14-3/h6-7,14H,4-5,8-10H2,1-3H3. The summed E-state index contributed by atoms with van der Waals surface area (Å²) < 4.78 is 5.78. The minimum atomic E-state index is 0.751. The number of rotatable bonds is 8. The molecule has 0 fully saturated rings. The van der Waals surface area contributed by atoms with Crippen LogP contribution in [0, 0.1) is 6.92 Å². The van der Waals surface area contributed by atoms with Crippen LogP contribution in [-0.2, 0) is 6.54 Å². The molecule has 0 bridgehead atoms. The van der Waals surface area contributed by atoms with Crippen LogP contribution < -0.4 is 10.1 Å². The zero-order valence-corrected chi connectivity index (χ0v) is 11.8. The van der Waals surface area contributed by atoms with Gasteiger partial charge in [0.15, 0.2) is 0 Å². The maximum Gasteiger partial charge on any atom is 0.142 e. The first kappa shape index (κ1) is 14.3. The molecule has 3 nitrogen and oxygen atoms in total. The van der Waals surface area contributed by atoms with Crippen molar-refractivity contribution in [2.75, 3.05) is 25.2 Å². The second-order valence-corrected chi connectivity index (χ2v) is 5.22. The maximum atomic E-state index is 5.78. The van der Waals surface area contributed by atoms with Crippen LogP contribution in [0.1, 0.15) is 24.7 Å². The van der Waals surface area contributed by atoms with Gasteiger partial charge in [0, 0.05) is 12.2 Å². The minimum Gasteiger partial charge on any atom is -0.492 e. The number of hydrogen-bond donors (Lipinski definition) is 1. The number of aromatic nitrogens is 1. The van der Waals surface area contributed by atoms with Gasteiger partial charge < -0.3 is 10.1 Å². The van der Waals surface area contributed by atoms with Crippen LogP contribution in [0.25, 0.3) is 0 Å². The van der Waals surface area contributed by atoms with E-state index in [1.54, 1.807) is 0 Å². The largest absolute Gasteiger partial charge is 0.492 e. The normalized spacial score (nSPS) is 10.5. The predicted octanol–water partition coefficient (Wildman–Crippen LogP) is 2.63. The third-order valence-electron chi connectivity index (χ3n) is 2.31. The highest BCUT2D eigenvalue weighted by Gasteiger charge is 2.04. The molecule has 0 saturated carbocycles. The molecule has 0 aromatic carbocycles. The van der Waals surface area contributed by atoms with Gasteiger partial charge in [-0.1, -0.05) is 6.92 Å². The van der Waals surface area contributed by atoms with Crippen molar-refractivity contribution >= 4 is 11.8 Å². The Morgan fingerprint density at radius 2 is 2.24 bits per heavy atom. The van der Waals surface area contributed by atoms with Crippen LogP contribution in [0.4, 0.5) is 0 Å². The highest BCUT2D eigenvalue weighted by Crippen LogP contribution is 2.17. The summed E-state index contributed by atoms with van der Waals surface area (Å²) in [6.07, 6.45) is 1.09. The van der Waals surface area contributed by atoms with Gasteiger partial charge in [-0.2, -0.15) is 11.8 Å². The molecular weight excluding hydrogens is 232 g/mol. The molecule has 1 aromatic heterocycles. The molecule has 0 radical (unpaired) electrons. The van der Waals surface area contributed by atoms with Gasteiger partial charge >= 0.3 is 0 Å². The molecule has 0 aliphatic rings. The van der Waals surface area contributed by atoms with Gasteiger partial charge in [-0.15, -0.1) is 0 Å². The molecule has 0 spiro atoms. The Balaban J connectivity index is 2.45. The molecule has 0 saturated heterocycles. The highest BCUT2D eigenvalue weighted by molar-refractivity contribution is 7.99. The van der Waals surface area contributed by atoms with Gasteiger partial charge in [-0.05, 0) is 44.0 Å². The van der Waals surface area contributed by atoms with Crippen LogP contribution in [0.3, 0.4) is 0 Å². The van der Waals surface area contributed by atoms with Crippen molar-refractivity contribution < 1.29 is 4.74 Å². The first-order valence-corrected chi connectivity index (χ1v) is 7.25. The lowest BCUT2D eigenvalue weighted by molar-refractivity contribution is 0.313. The van der Waals surface area contributed by atoms with E-state index < -0.39 is 0 Å². The lowest BCUT2D eigenvalue weighted by Gasteiger charge is -2.11. The summed E-state index contributed by atoms with van der Waals surface area (Å²) in [5.74, 6) is 3.25. The Morgan fingerprint density at radius 1 is 1.41 bits per heavy atom. The Bertz CT molecular complexity index is 331. The van der Waals surface area contributed by atoms with E-state index in [1.165, 1.54) is 5.75 Å². The SMILES string of the molecule is CCSCCCOc1ccc(C)nc1CNC. The quantitative estimate of drug-likeness (QED) is 0.723. The van der Waals surface area contributed by atoms with Gasteiger partial charge in [-0.25, -0.2) is 0 Å². The average Bonchev–Trinajstić information content (AvgIpc) is 2.32. The first-order chi connectivity index (χ1) is 8.27. The first-order valence-electron chi connectivity index (χ1n) is 6.09. The third-order valence-corrected chi connectivity index (χ3v) is 3.30. The van der Waals surface area contributed by atoms with Gasteiger partial charge in [0.2, 0.25) is 0 Å². The molecule has 1 heterocycles. The van der Waals surface area contributed by atoms with Crippen molar-refractivity contribution in [1.29, 1.82) is 0 Å². The zero-order valence-electron chi connectivity index (χ0n) is 11.0. The average molecular weight is 254 g/mol. The van der Waals surface area contributed by atoms with Gasteiger partial charge in [0.1, 0.15) is 5.75 Å². The summed E-state index contributed by atoms with van der Waals surface area (Å²) in [6.45, 7) is 5.70. The predicted molar refractivity (Wildman–Crippen MR) is 74.8 cm³/mol. The van der Waals surface area contributed by atoms with Gasteiger partial charge in [0.25, 0.3) is 0 Å². The number of aryl methyl sites for hydroxylation is 1.